The zero-order chi connectivity index (χ0) is 16.8. The highest BCUT2D eigenvalue weighted by molar-refractivity contribution is 9.10. The van der Waals surface area contributed by atoms with Gasteiger partial charge in [0.05, 0.1) is 5.56 Å². The summed E-state index contributed by atoms with van der Waals surface area (Å²) < 4.78 is 18.4. The topological polar surface area (TPSA) is 55.4 Å². The number of benzene rings is 2. The summed E-state index contributed by atoms with van der Waals surface area (Å²) in [6.45, 7) is -0.244. The summed E-state index contributed by atoms with van der Waals surface area (Å²) in [6, 6.07) is 10.7. The van der Waals surface area contributed by atoms with E-state index in [2.05, 4.69) is 21.2 Å². The molecule has 1 amide bonds. The first-order chi connectivity index (χ1) is 11.0. The molecule has 2 rings (SSSR count). The Morgan fingerprint density at radius 2 is 1.96 bits per heavy atom. The normalized spacial score (nSPS) is 10.2. The van der Waals surface area contributed by atoms with Gasteiger partial charge in [-0.1, -0.05) is 29.8 Å². The zero-order valence-electron chi connectivity index (χ0n) is 11.8. The van der Waals surface area contributed by atoms with Gasteiger partial charge in [0, 0.05) is 16.0 Å². The van der Waals surface area contributed by atoms with Gasteiger partial charge >= 0.3 is 5.97 Å². The van der Waals surface area contributed by atoms with Crippen molar-refractivity contribution in [1.29, 1.82) is 0 Å². The van der Waals surface area contributed by atoms with Crippen LogP contribution in [0.25, 0.3) is 0 Å². The summed E-state index contributed by atoms with van der Waals surface area (Å²) in [5, 5.41) is 3.12. The fraction of sp³-hybridized carbons (Fsp3) is 0.125. The van der Waals surface area contributed by atoms with E-state index in [0.29, 0.717) is 9.50 Å². The van der Waals surface area contributed by atoms with Gasteiger partial charge in [-0.3, -0.25) is 4.79 Å². The van der Waals surface area contributed by atoms with E-state index in [-0.39, 0.29) is 12.1 Å². The highest BCUT2D eigenvalue weighted by atomic mass is 79.9. The van der Waals surface area contributed by atoms with Crippen LogP contribution < -0.4 is 5.32 Å². The third kappa shape index (κ3) is 5.04. The number of amides is 1. The summed E-state index contributed by atoms with van der Waals surface area (Å²) in [4.78, 5) is 23.5. The average Bonchev–Trinajstić information content (AvgIpc) is 2.54. The second-order valence-corrected chi connectivity index (χ2v) is 5.83. The SMILES string of the molecule is O=C(COC(=O)c1cc(F)ccc1Br)NCc1ccccc1Cl. The molecule has 1 N–H and O–H groups in total. The van der Waals surface area contributed by atoms with Gasteiger partial charge in [0.2, 0.25) is 0 Å². The quantitative estimate of drug-likeness (QED) is 0.779. The molecule has 0 radical (unpaired) electrons. The molecule has 0 saturated carbocycles. The number of hydrogen-bond acceptors (Lipinski definition) is 3. The van der Waals surface area contributed by atoms with E-state index in [9.17, 15) is 14.0 Å². The van der Waals surface area contributed by atoms with Gasteiger partial charge in [-0.25, -0.2) is 9.18 Å². The number of rotatable bonds is 5. The number of halogens is 3. The maximum Gasteiger partial charge on any atom is 0.339 e. The van der Waals surface area contributed by atoms with E-state index in [1.54, 1.807) is 24.3 Å². The fourth-order valence-corrected chi connectivity index (χ4v) is 2.36. The first-order valence-corrected chi connectivity index (χ1v) is 7.77. The maximum absolute atomic E-state index is 13.1. The molecule has 0 aliphatic rings. The van der Waals surface area contributed by atoms with Crippen LogP contribution in [0.3, 0.4) is 0 Å². The van der Waals surface area contributed by atoms with E-state index in [0.717, 1.165) is 11.6 Å². The first-order valence-electron chi connectivity index (χ1n) is 6.59. The number of esters is 1. The number of carbonyl (C=O) groups is 2. The minimum absolute atomic E-state index is 0.0175. The molecule has 120 valence electrons. The van der Waals surface area contributed by atoms with Gasteiger partial charge in [-0.05, 0) is 45.8 Å². The maximum atomic E-state index is 13.1. The minimum atomic E-state index is -0.788. The van der Waals surface area contributed by atoms with E-state index in [4.69, 9.17) is 16.3 Å². The highest BCUT2D eigenvalue weighted by Gasteiger charge is 2.14. The second-order valence-electron chi connectivity index (χ2n) is 4.57. The van der Waals surface area contributed by atoms with Crippen molar-refractivity contribution in [2.45, 2.75) is 6.54 Å². The molecule has 0 heterocycles. The highest BCUT2D eigenvalue weighted by Crippen LogP contribution is 2.18. The van der Waals surface area contributed by atoms with Crippen molar-refractivity contribution in [2.24, 2.45) is 0 Å². The molecule has 23 heavy (non-hydrogen) atoms. The Labute approximate surface area is 145 Å². The summed E-state index contributed by atoms with van der Waals surface area (Å²) in [5.74, 6) is -1.83. The van der Waals surface area contributed by atoms with Crippen LogP contribution in [0.4, 0.5) is 4.39 Å². The molecule has 0 unspecified atom stereocenters. The first kappa shape index (κ1) is 17.4. The van der Waals surface area contributed by atoms with E-state index < -0.39 is 24.3 Å². The number of ether oxygens (including phenoxy) is 1. The van der Waals surface area contributed by atoms with Gasteiger partial charge in [-0.15, -0.1) is 0 Å². The van der Waals surface area contributed by atoms with Crippen molar-refractivity contribution in [1.82, 2.24) is 5.32 Å². The number of nitrogens with one attached hydrogen (secondary N) is 1. The van der Waals surface area contributed by atoms with Crippen LogP contribution >= 0.6 is 27.5 Å². The molecule has 4 nitrogen and oxygen atoms in total. The summed E-state index contributed by atoms with van der Waals surface area (Å²) >= 11 is 9.09. The molecule has 2 aromatic rings. The van der Waals surface area contributed by atoms with E-state index in [1.807, 2.05) is 0 Å². The molecule has 0 atom stereocenters. The molecule has 0 fully saturated rings. The van der Waals surface area contributed by atoms with E-state index >= 15 is 0 Å². The molecule has 0 spiro atoms. The predicted molar refractivity (Wildman–Crippen MR) is 87.7 cm³/mol. The lowest BCUT2D eigenvalue weighted by molar-refractivity contribution is -0.124. The van der Waals surface area contributed by atoms with Crippen molar-refractivity contribution < 1.29 is 18.7 Å². The summed E-state index contributed by atoms with van der Waals surface area (Å²) in [6.07, 6.45) is 0. The molecule has 7 heteroatoms. The Morgan fingerprint density at radius 3 is 2.70 bits per heavy atom. The van der Waals surface area contributed by atoms with E-state index in [1.165, 1.54) is 12.1 Å². The molecule has 0 bridgehead atoms. The van der Waals surface area contributed by atoms with Gasteiger partial charge in [0.15, 0.2) is 6.61 Å². The Hall–Kier alpha value is -1.92. The van der Waals surface area contributed by atoms with Crippen molar-refractivity contribution in [3.63, 3.8) is 0 Å². The van der Waals surface area contributed by atoms with Crippen LogP contribution in [0.5, 0.6) is 0 Å². The minimum Gasteiger partial charge on any atom is -0.452 e. The summed E-state index contributed by atoms with van der Waals surface area (Å²) in [7, 11) is 0. The van der Waals surface area contributed by atoms with Gasteiger partial charge in [0.25, 0.3) is 5.91 Å². The lowest BCUT2D eigenvalue weighted by Crippen LogP contribution is -2.28. The van der Waals surface area contributed by atoms with Crippen LogP contribution in [0.2, 0.25) is 5.02 Å². The molecule has 0 aliphatic carbocycles. The Balaban J connectivity index is 1.86. The van der Waals surface area contributed by atoms with Crippen molar-refractivity contribution in [3.05, 3.63) is 68.9 Å². The molecule has 0 saturated heterocycles. The summed E-state index contributed by atoms with van der Waals surface area (Å²) in [5.41, 5.74) is 0.769. The third-order valence-electron chi connectivity index (χ3n) is 2.92. The monoisotopic (exact) mass is 399 g/mol. The zero-order valence-corrected chi connectivity index (χ0v) is 14.2. The predicted octanol–water partition coefficient (Wildman–Crippen LogP) is 3.71. The molecule has 0 aromatic heterocycles. The van der Waals surface area contributed by atoms with Crippen molar-refractivity contribution in [2.75, 3.05) is 6.61 Å². The molecule has 2 aromatic carbocycles. The fourth-order valence-electron chi connectivity index (χ4n) is 1.75. The van der Waals surface area contributed by atoms with Crippen LogP contribution in [0.1, 0.15) is 15.9 Å². The Morgan fingerprint density at radius 1 is 1.22 bits per heavy atom. The average molecular weight is 401 g/mol. The Bertz CT molecular complexity index is 739. The lowest BCUT2D eigenvalue weighted by Gasteiger charge is -2.08. The number of carbonyl (C=O) groups excluding carboxylic acids is 2. The Kier molecular flexibility index (Phi) is 6.12. The largest absolute Gasteiger partial charge is 0.452 e. The van der Waals surface area contributed by atoms with Crippen LogP contribution in [0, 0.1) is 5.82 Å². The molecular weight excluding hydrogens is 389 g/mol. The smallest absolute Gasteiger partial charge is 0.339 e. The lowest BCUT2D eigenvalue weighted by atomic mass is 10.2. The van der Waals surface area contributed by atoms with Crippen molar-refractivity contribution >= 4 is 39.4 Å². The standard InChI is InChI=1S/C16H12BrClFNO3/c17-13-6-5-11(19)7-12(13)16(22)23-9-15(21)20-8-10-3-1-2-4-14(10)18/h1-7H,8-9H2,(H,20,21). The van der Waals surface area contributed by atoms with Gasteiger partial charge in [-0.2, -0.15) is 0 Å². The van der Waals surface area contributed by atoms with Gasteiger partial charge < -0.3 is 10.1 Å². The molecular formula is C16H12BrClFNO3. The van der Waals surface area contributed by atoms with Crippen LogP contribution in [-0.2, 0) is 16.1 Å². The van der Waals surface area contributed by atoms with Gasteiger partial charge in [0.1, 0.15) is 5.82 Å². The molecule has 0 aliphatic heterocycles. The van der Waals surface area contributed by atoms with Crippen LogP contribution in [-0.4, -0.2) is 18.5 Å². The van der Waals surface area contributed by atoms with Crippen molar-refractivity contribution in [3.8, 4) is 0 Å². The number of hydrogen-bond donors (Lipinski definition) is 1. The van der Waals surface area contributed by atoms with Crippen LogP contribution in [0.15, 0.2) is 46.9 Å². The third-order valence-corrected chi connectivity index (χ3v) is 3.98. The second kappa shape index (κ2) is 8.08.